The predicted molar refractivity (Wildman–Crippen MR) is 66.7 cm³/mol. The smallest absolute Gasteiger partial charge is 0.335 e. The molecule has 0 bridgehead atoms. The van der Waals surface area contributed by atoms with E-state index < -0.39 is 5.97 Å². The highest BCUT2D eigenvalue weighted by atomic mass is 16.5. The molecule has 17 heavy (non-hydrogen) atoms. The van der Waals surface area contributed by atoms with Crippen LogP contribution < -0.4 is 4.74 Å². The molecule has 0 unspecified atom stereocenters. The summed E-state index contributed by atoms with van der Waals surface area (Å²) in [4.78, 5) is 10.9. The Hall–Kier alpha value is -2.03. The van der Waals surface area contributed by atoms with Crippen LogP contribution in [0.2, 0.25) is 0 Å². The molecule has 0 amide bonds. The molecule has 0 saturated carbocycles. The molecule has 0 aliphatic carbocycles. The van der Waals surface area contributed by atoms with Crippen molar-refractivity contribution in [2.75, 3.05) is 0 Å². The zero-order valence-corrected chi connectivity index (χ0v) is 9.81. The van der Waals surface area contributed by atoms with E-state index in [0.717, 1.165) is 16.5 Å². The Bertz CT molecular complexity index is 558. The number of benzene rings is 2. The summed E-state index contributed by atoms with van der Waals surface area (Å²) in [5.74, 6) is -0.128. The van der Waals surface area contributed by atoms with Crippen molar-refractivity contribution in [3.05, 3.63) is 42.0 Å². The molecule has 0 fully saturated rings. The standard InChI is InChI=1S/C14H14O3/c1-9(2)17-13-5-3-4-10-8-11(14(15)16)6-7-12(10)13/h3-9H,1-2H3,(H,15,16). The van der Waals surface area contributed by atoms with Crippen LogP contribution >= 0.6 is 0 Å². The topological polar surface area (TPSA) is 46.5 Å². The molecule has 2 aromatic rings. The molecule has 0 heterocycles. The number of rotatable bonds is 3. The number of ether oxygens (including phenoxy) is 1. The molecule has 0 radical (unpaired) electrons. The van der Waals surface area contributed by atoms with Gasteiger partial charge in [-0.1, -0.05) is 12.1 Å². The van der Waals surface area contributed by atoms with E-state index in [-0.39, 0.29) is 6.10 Å². The molecule has 0 saturated heterocycles. The molecule has 88 valence electrons. The lowest BCUT2D eigenvalue weighted by molar-refractivity contribution is 0.0697. The molecule has 0 aromatic heterocycles. The van der Waals surface area contributed by atoms with E-state index in [9.17, 15) is 4.79 Å². The number of carboxylic acids is 1. The molecule has 0 spiro atoms. The lowest BCUT2D eigenvalue weighted by atomic mass is 10.1. The third-order valence-corrected chi connectivity index (χ3v) is 2.45. The highest BCUT2D eigenvalue weighted by Crippen LogP contribution is 2.27. The molecule has 2 aromatic carbocycles. The van der Waals surface area contributed by atoms with Crippen LogP contribution in [0.1, 0.15) is 24.2 Å². The average Bonchev–Trinajstić information content (AvgIpc) is 2.28. The normalized spacial score (nSPS) is 10.8. The summed E-state index contributed by atoms with van der Waals surface area (Å²) in [6, 6.07) is 10.7. The fourth-order valence-electron chi connectivity index (χ4n) is 1.74. The first-order valence-electron chi connectivity index (χ1n) is 5.50. The van der Waals surface area contributed by atoms with Gasteiger partial charge in [0.1, 0.15) is 5.75 Å². The van der Waals surface area contributed by atoms with E-state index in [4.69, 9.17) is 9.84 Å². The Kier molecular flexibility index (Phi) is 3.00. The number of hydrogen-bond acceptors (Lipinski definition) is 2. The minimum Gasteiger partial charge on any atom is -0.490 e. The maximum absolute atomic E-state index is 10.9. The number of fused-ring (bicyclic) bond motifs is 1. The zero-order valence-electron chi connectivity index (χ0n) is 9.81. The van der Waals surface area contributed by atoms with Gasteiger partial charge >= 0.3 is 5.97 Å². The van der Waals surface area contributed by atoms with Crippen LogP contribution in [0.5, 0.6) is 5.75 Å². The van der Waals surface area contributed by atoms with E-state index in [1.165, 1.54) is 0 Å². The van der Waals surface area contributed by atoms with Gasteiger partial charge in [0.05, 0.1) is 11.7 Å². The summed E-state index contributed by atoms with van der Waals surface area (Å²) < 4.78 is 5.68. The molecular weight excluding hydrogens is 216 g/mol. The van der Waals surface area contributed by atoms with Crippen LogP contribution in [0.25, 0.3) is 10.8 Å². The zero-order chi connectivity index (χ0) is 12.4. The molecule has 0 atom stereocenters. The SMILES string of the molecule is CC(C)Oc1cccc2cc(C(=O)O)ccc12. The Balaban J connectivity index is 2.54. The van der Waals surface area contributed by atoms with Gasteiger partial charge in [-0.25, -0.2) is 4.79 Å². The quantitative estimate of drug-likeness (QED) is 0.879. The average molecular weight is 230 g/mol. The molecule has 0 aliphatic heterocycles. The number of carbonyl (C=O) groups is 1. The van der Waals surface area contributed by atoms with Crippen LogP contribution in [-0.4, -0.2) is 17.2 Å². The second-order valence-corrected chi connectivity index (χ2v) is 4.16. The van der Waals surface area contributed by atoms with Crippen molar-refractivity contribution in [2.45, 2.75) is 20.0 Å². The van der Waals surface area contributed by atoms with Crippen LogP contribution in [0.4, 0.5) is 0 Å². The largest absolute Gasteiger partial charge is 0.490 e. The minimum atomic E-state index is -0.915. The number of aromatic carboxylic acids is 1. The van der Waals surface area contributed by atoms with Crippen molar-refractivity contribution in [3.63, 3.8) is 0 Å². The van der Waals surface area contributed by atoms with Crippen LogP contribution in [0.3, 0.4) is 0 Å². The summed E-state index contributed by atoms with van der Waals surface area (Å²) in [5.41, 5.74) is 0.291. The van der Waals surface area contributed by atoms with Gasteiger partial charge < -0.3 is 9.84 Å². The van der Waals surface area contributed by atoms with Crippen LogP contribution in [0.15, 0.2) is 36.4 Å². The maximum atomic E-state index is 10.9. The Morgan fingerprint density at radius 1 is 1.24 bits per heavy atom. The molecular formula is C14H14O3. The van der Waals surface area contributed by atoms with Crippen molar-refractivity contribution in [2.24, 2.45) is 0 Å². The van der Waals surface area contributed by atoms with E-state index >= 15 is 0 Å². The van der Waals surface area contributed by atoms with Crippen molar-refractivity contribution >= 4 is 16.7 Å². The fraction of sp³-hybridized carbons (Fsp3) is 0.214. The summed E-state index contributed by atoms with van der Waals surface area (Å²) >= 11 is 0. The minimum absolute atomic E-state index is 0.0970. The monoisotopic (exact) mass is 230 g/mol. The molecule has 3 nitrogen and oxygen atoms in total. The highest BCUT2D eigenvalue weighted by Gasteiger charge is 2.07. The Morgan fingerprint density at radius 2 is 2.00 bits per heavy atom. The first-order chi connectivity index (χ1) is 8.08. The molecule has 0 aliphatic rings. The van der Waals surface area contributed by atoms with Crippen LogP contribution in [-0.2, 0) is 0 Å². The first-order valence-corrected chi connectivity index (χ1v) is 5.50. The maximum Gasteiger partial charge on any atom is 0.335 e. The van der Waals surface area contributed by atoms with Crippen molar-refractivity contribution in [1.29, 1.82) is 0 Å². The third-order valence-electron chi connectivity index (χ3n) is 2.45. The number of hydrogen-bond donors (Lipinski definition) is 1. The predicted octanol–water partition coefficient (Wildman–Crippen LogP) is 3.33. The van der Waals surface area contributed by atoms with Crippen molar-refractivity contribution in [1.82, 2.24) is 0 Å². The molecule has 1 N–H and O–H groups in total. The van der Waals surface area contributed by atoms with E-state index in [2.05, 4.69) is 0 Å². The lowest BCUT2D eigenvalue weighted by Crippen LogP contribution is -2.05. The second kappa shape index (κ2) is 4.45. The van der Waals surface area contributed by atoms with Gasteiger partial charge in [-0.05, 0) is 43.5 Å². The van der Waals surface area contributed by atoms with Gasteiger partial charge in [0, 0.05) is 5.39 Å². The molecule has 3 heteroatoms. The summed E-state index contributed by atoms with van der Waals surface area (Å²) in [5, 5.41) is 10.7. The second-order valence-electron chi connectivity index (χ2n) is 4.16. The van der Waals surface area contributed by atoms with E-state index in [1.807, 2.05) is 32.0 Å². The van der Waals surface area contributed by atoms with Gasteiger partial charge in [-0.2, -0.15) is 0 Å². The Morgan fingerprint density at radius 3 is 2.65 bits per heavy atom. The van der Waals surface area contributed by atoms with Crippen LogP contribution in [0, 0.1) is 0 Å². The lowest BCUT2D eigenvalue weighted by Gasteiger charge is -2.12. The molecule has 2 rings (SSSR count). The third kappa shape index (κ3) is 2.38. The fourth-order valence-corrected chi connectivity index (χ4v) is 1.74. The van der Waals surface area contributed by atoms with E-state index in [1.54, 1.807) is 18.2 Å². The van der Waals surface area contributed by atoms with Crippen molar-refractivity contribution < 1.29 is 14.6 Å². The van der Waals surface area contributed by atoms with Crippen molar-refractivity contribution in [3.8, 4) is 5.75 Å². The summed E-state index contributed by atoms with van der Waals surface area (Å²) in [6.07, 6.45) is 0.0970. The summed E-state index contributed by atoms with van der Waals surface area (Å²) in [6.45, 7) is 3.93. The van der Waals surface area contributed by atoms with Gasteiger partial charge in [0.15, 0.2) is 0 Å². The van der Waals surface area contributed by atoms with Gasteiger partial charge in [-0.3, -0.25) is 0 Å². The van der Waals surface area contributed by atoms with Gasteiger partial charge in [-0.15, -0.1) is 0 Å². The van der Waals surface area contributed by atoms with Gasteiger partial charge in [0.2, 0.25) is 0 Å². The van der Waals surface area contributed by atoms with Gasteiger partial charge in [0.25, 0.3) is 0 Å². The van der Waals surface area contributed by atoms with E-state index in [0.29, 0.717) is 5.56 Å². The Labute approximate surface area is 99.6 Å². The number of carboxylic acid groups (broad SMARTS) is 1. The first kappa shape index (κ1) is 11.5. The highest BCUT2D eigenvalue weighted by molar-refractivity contribution is 5.96. The summed E-state index contributed by atoms with van der Waals surface area (Å²) in [7, 11) is 0.